The summed E-state index contributed by atoms with van der Waals surface area (Å²) in [5.41, 5.74) is 3.29. The number of hydrazone groups is 1. The van der Waals surface area contributed by atoms with Crippen molar-refractivity contribution >= 4 is 34.0 Å². The first kappa shape index (κ1) is 19.2. The minimum atomic E-state index is -0.193. The van der Waals surface area contributed by atoms with Crippen molar-refractivity contribution in [2.45, 2.75) is 38.5 Å². The summed E-state index contributed by atoms with van der Waals surface area (Å²) >= 11 is 3.43. The highest BCUT2D eigenvalue weighted by atomic mass is 79.9. The molecule has 25 heavy (non-hydrogen) atoms. The largest absolute Gasteiger partial charge is 0.469 e. The van der Waals surface area contributed by atoms with E-state index in [0.29, 0.717) is 24.3 Å². The third kappa shape index (κ3) is 6.38. The lowest BCUT2D eigenvalue weighted by molar-refractivity contribution is -0.140. The Balaban J connectivity index is 1.65. The lowest BCUT2D eigenvalue weighted by Gasteiger charge is -2.03. The standard InChI is InChI=1S/C17H21BrN2O5/c1-23-17(22)7-5-3-2-4-6-16(21)20-19-10-12-8-14-15(9-13(12)18)25-11-24-14/h8-10H,2-7,11H2,1H3,(H,20,21)/b19-10+. The van der Waals surface area contributed by atoms with Gasteiger partial charge in [0.15, 0.2) is 11.5 Å². The summed E-state index contributed by atoms with van der Waals surface area (Å²) in [6.45, 7) is 0.207. The van der Waals surface area contributed by atoms with E-state index in [4.69, 9.17) is 9.47 Å². The Morgan fingerprint density at radius 2 is 1.88 bits per heavy atom. The van der Waals surface area contributed by atoms with Gasteiger partial charge in [-0.15, -0.1) is 0 Å². The molecule has 0 saturated heterocycles. The monoisotopic (exact) mass is 412 g/mol. The Bertz CT molecular complexity index is 648. The number of hydrogen-bond donors (Lipinski definition) is 1. The fraction of sp³-hybridized carbons (Fsp3) is 0.471. The molecule has 1 N–H and O–H groups in total. The van der Waals surface area contributed by atoms with Gasteiger partial charge in [-0.05, 0) is 40.9 Å². The van der Waals surface area contributed by atoms with Crippen LogP contribution < -0.4 is 14.9 Å². The molecule has 136 valence electrons. The Hall–Kier alpha value is -2.09. The highest BCUT2D eigenvalue weighted by Crippen LogP contribution is 2.36. The topological polar surface area (TPSA) is 86.2 Å². The summed E-state index contributed by atoms with van der Waals surface area (Å²) in [4.78, 5) is 22.7. The molecule has 8 heteroatoms. The highest BCUT2D eigenvalue weighted by Gasteiger charge is 2.15. The third-order valence-electron chi connectivity index (χ3n) is 3.65. The number of unbranched alkanes of at least 4 members (excludes halogenated alkanes) is 3. The lowest BCUT2D eigenvalue weighted by atomic mass is 10.1. The maximum absolute atomic E-state index is 11.7. The summed E-state index contributed by atoms with van der Waals surface area (Å²) in [5.74, 6) is 1.01. The van der Waals surface area contributed by atoms with Crippen LogP contribution in [0.2, 0.25) is 0 Å². The van der Waals surface area contributed by atoms with Crippen LogP contribution in [0.15, 0.2) is 21.7 Å². The van der Waals surface area contributed by atoms with Crippen molar-refractivity contribution < 1.29 is 23.8 Å². The van der Waals surface area contributed by atoms with Crippen LogP contribution in [0.1, 0.15) is 44.1 Å². The van der Waals surface area contributed by atoms with Crippen molar-refractivity contribution in [2.24, 2.45) is 5.10 Å². The van der Waals surface area contributed by atoms with Crippen LogP contribution >= 0.6 is 15.9 Å². The Labute approximate surface area is 154 Å². The molecular weight excluding hydrogens is 392 g/mol. The maximum Gasteiger partial charge on any atom is 0.305 e. The molecule has 0 spiro atoms. The van der Waals surface area contributed by atoms with Gasteiger partial charge in [-0.1, -0.05) is 12.8 Å². The van der Waals surface area contributed by atoms with E-state index in [1.165, 1.54) is 7.11 Å². The summed E-state index contributed by atoms with van der Waals surface area (Å²) in [5, 5.41) is 3.97. The van der Waals surface area contributed by atoms with Crippen molar-refractivity contribution in [3.05, 3.63) is 22.2 Å². The van der Waals surface area contributed by atoms with Crippen LogP contribution in [0.3, 0.4) is 0 Å². The third-order valence-corrected chi connectivity index (χ3v) is 4.33. The van der Waals surface area contributed by atoms with Gasteiger partial charge in [-0.3, -0.25) is 9.59 Å². The molecule has 1 aliphatic rings. The molecule has 0 aliphatic carbocycles. The van der Waals surface area contributed by atoms with Crippen LogP contribution in [0.5, 0.6) is 11.5 Å². The minimum absolute atomic E-state index is 0.138. The van der Waals surface area contributed by atoms with Gasteiger partial charge >= 0.3 is 5.97 Å². The Kier molecular flexibility index (Phi) is 7.72. The number of nitrogens with one attached hydrogen (secondary N) is 1. The summed E-state index contributed by atoms with van der Waals surface area (Å²) in [6.07, 6.45) is 5.72. The second-order valence-corrected chi connectivity index (χ2v) is 6.36. The first-order valence-electron chi connectivity index (χ1n) is 8.08. The van der Waals surface area contributed by atoms with E-state index in [2.05, 4.69) is 31.2 Å². The van der Waals surface area contributed by atoms with Crippen LogP contribution in [-0.2, 0) is 14.3 Å². The summed E-state index contributed by atoms with van der Waals surface area (Å²) in [7, 11) is 1.38. The Morgan fingerprint density at radius 3 is 2.60 bits per heavy atom. The van der Waals surface area contributed by atoms with Crippen molar-refractivity contribution in [1.82, 2.24) is 5.43 Å². The fourth-order valence-electron chi connectivity index (χ4n) is 2.27. The molecule has 7 nitrogen and oxygen atoms in total. The number of nitrogens with zero attached hydrogens (tertiary/aromatic N) is 1. The van der Waals surface area contributed by atoms with E-state index in [-0.39, 0.29) is 18.7 Å². The van der Waals surface area contributed by atoms with E-state index in [1.807, 2.05) is 0 Å². The zero-order valence-electron chi connectivity index (χ0n) is 14.0. The van der Waals surface area contributed by atoms with Crippen LogP contribution in [0, 0.1) is 0 Å². The van der Waals surface area contributed by atoms with Gasteiger partial charge in [0, 0.05) is 22.9 Å². The van der Waals surface area contributed by atoms with Crippen molar-refractivity contribution in [3.8, 4) is 11.5 Å². The molecule has 0 atom stereocenters. The number of esters is 1. The molecule has 0 bridgehead atoms. The average Bonchev–Trinajstić information content (AvgIpc) is 3.04. The van der Waals surface area contributed by atoms with Gasteiger partial charge in [0.2, 0.25) is 12.7 Å². The molecule has 1 amide bonds. The second kappa shape index (κ2) is 10.0. The number of hydrogen-bond acceptors (Lipinski definition) is 6. The van der Waals surface area contributed by atoms with E-state index >= 15 is 0 Å². The van der Waals surface area contributed by atoms with Crippen molar-refractivity contribution in [3.63, 3.8) is 0 Å². The van der Waals surface area contributed by atoms with Gasteiger partial charge in [0.25, 0.3) is 0 Å². The normalized spacial score (nSPS) is 12.4. The number of methoxy groups -OCH3 is 1. The second-order valence-electron chi connectivity index (χ2n) is 5.51. The Morgan fingerprint density at radius 1 is 1.20 bits per heavy atom. The van der Waals surface area contributed by atoms with Gasteiger partial charge in [0.1, 0.15) is 0 Å². The van der Waals surface area contributed by atoms with Crippen molar-refractivity contribution in [2.75, 3.05) is 13.9 Å². The van der Waals surface area contributed by atoms with Gasteiger partial charge in [0.05, 0.1) is 13.3 Å². The summed E-state index contributed by atoms with van der Waals surface area (Å²) in [6, 6.07) is 3.60. The molecule has 0 unspecified atom stereocenters. The molecular formula is C17H21BrN2O5. The van der Waals surface area contributed by atoms with E-state index in [9.17, 15) is 9.59 Å². The first-order valence-corrected chi connectivity index (χ1v) is 8.87. The van der Waals surface area contributed by atoms with Gasteiger partial charge in [-0.2, -0.15) is 5.10 Å². The maximum atomic E-state index is 11.7. The predicted octanol–water partition coefficient (Wildman–Crippen LogP) is 3.14. The molecule has 0 saturated carbocycles. The number of fused-ring (bicyclic) bond motifs is 1. The molecule has 1 aliphatic heterocycles. The molecule has 0 aromatic heterocycles. The number of ether oxygens (including phenoxy) is 3. The van der Waals surface area contributed by atoms with Gasteiger partial charge in [-0.25, -0.2) is 5.43 Å². The zero-order chi connectivity index (χ0) is 18.1. The highest BCUT2D eigenvalue weighted by molar-refractivity contribution is 9.10. The minimum Gasteiger partial charge on any atom is -0.469 e. The van der Waals surface area contributed by atoms with Crippen LogP contribution in [0.25, 0.3) is 0 Å². The number of amides is 1. The van der Waals surface area contributed by atoms with Crippen molar-refractivity contribution in [1.29, 1.82) is 0 Å². The molecule has 1 aromatic rings. The molecule has 0 radical (unpaired) electrons. The SMILES string of the molecule is COC(=O)CCCCCCC(=O)N/N=C/c1cc2c(cc1Br)OCO2. The van der Waals surface area contributed by atoms with Crippen LogP contribution in [0.4, 0.5) is 0 Å². The number of carbonyl (C=O) groups excluding carboxylic acids is 2. The van der Waals surface area contributed by atoms with E-state index < -0.39 is 0 Å². The van der Waals surface area contributed by atoms with Crippen LogP contribution in [-0.4, -0.2) is 32.0 Å². The average molecular weight is 413 g/mol. The quantitative estimate of drug-likeness (QED) is 0.291. The predicted molar refractivity (Wildman–Crippen MR) is 95.7 cm³/mol. The number of halogens is 1. The first-order chi connectivity index (χ1) is 12.1. The van der Waals surface area contributed by atoms with E-state index in [1.54, 1.807) is 18.3 Å². The molecule has 0 fully saturated rings. The molecule has 1 aromatic carbocycles. The fourth-order valence-corrected chi connectivity index (χ4v) is 2.70. The number of rotatable bonds is 9. The lowest BCUT2D eigenvalue weighted by Crippen LogP contribution is -2.16. The zero-order valence-corrected chi connectivity index (χ0v) is 15.6. The summed E-state index contributed by atoms with van der Waals surface area (Å²) < 4.78 is 16.0. The van der Waals surface area contributed by atoms with Gasteiger partial charge < -0.3 is 14.2 Å². The smallest absolute Gasteiger partial charge is 0.305 e. The molecule has 1 heterocycles. The number of carbonyl (C=O) groups is 2. The molecule has 2 rings (SSSR count). The van der Waals surface area contributed by atoms with E-state index in [0.717, 1.165) is 35.7 Å². The number of benzene rings is 1.